The minimum Gasteiger partial charge on any atom is -0.344 e. The number of nitrogens with zero attached hydrogens (tertiary/aromatic N) is 5. The van der Waals surface area contributed by atoms with Gasteiger partial charge in [0.25, 0.3) is 5.79 Å². The minimum atomic E-state index is -4.04. The number of aliphatic imine (C=N–C) groups is 4. The lowest BCUT2D eigenvalue weighted by atomic mass is 9.96. The summed E-state index contributed by atoms with van der Waals surface area (Å²) in [5.74, 6) is -44.6. The maximum Gasteiger partial charge on any atom is 0.265 e. The van der Waals surface area contributed by atoms with E-state index in [2.05, 4.69) is 45.6 Å². The van der Waals surface area contributed by atoms with Crippen molar-refractivity contribution in [2.75, 3.05) is 10.6 Å². The summed E-state index contributed by atoms with van der Waals surface area (Å²) in [5, 5.41) is 0.107. The summed E-state index contributed by atoms with van der Waals surface area (Å²) in [4.78, 5) is 23.4. The third-order valence-electron chi connectivity index (χ3n) is 10.2. The van der Waals surface area contributed by atoms with Crippen molar-refractivity contribution in [2.45, 2.75) is 12.7 Å². The van der Waals surface area contributed by atoms with Gasteiger partial charge in [-0.05, 0) is 30.7 Å². The molecule has 8 bridgehead atoms. The molecule has 4 aromatic carbocycles. The Hall–Kier alpha value is -7.66. The lowest BCUT2D eigenvalue weighted by molar-refractivity contribution is 0.201. The zero-order valence-corrected chi connectivity index (χ0v) is 30.3. The van der Waals surface area contributed by atoms with Gasteiger partial charge in [-0.3, -0.25) is 0 Å². The van der Waals surface area contributed by atoms with Gasteiger partial charge in [-0.25, -0.2) is 90.8 Å². The smallest absolute Gasteiger partial charge is 0.265 e. The summed E-state index contributed by atoms with van der Waals surface area (Å²) >= 11 is 0. The summed E-state index contributed by atoms with van der Waals surface area (Å²) in [6.45, 7) is 1.51. The second-order valence-electron chi connectivity index (χ2n) is 13.9. The molecule has 10 rings (SSSR count). The molecule has 24 heteroatoms. The minimum absolute atomic E-state index is 0.259. The van der Waals surface area contributed by atoms with E-state index in [1.54, 1.807) is 0 Å². The van der Waals surface area contributed by atoms with Gasteiger partial charge in [0.2, 0.25) is 5.83 Å². The van der Waals surface area contributed by atoms with E-state index < -0.39 is 177 Å². The number of aromatic nitrogens is 2. The van der Waals surface area contributed by atoms with Gasteiger partial charge in [-0.1, -0.05) is 12.1 Å². The van der Waals surface area contributed by atoms with Crippen LogP contribution in [0.15, 0.2) is 66.9 Å². The molecule has 0 radical (unpaired) electrons. The van der Waals surface area contributed by atoms with Gasteiger partial charge in [0.05, 0.1) is 38.2 Å². The van der Waals surface area contributed by atoms with Crippen LogP contribution in [0, 0.1) is 70.9 Å². The van der Waals surface area contributed by atoms with Crippen LogP contribution in [0.25, 0.3) is 16.6 Å². The Morgan fingerprint density at radius 2 is 1.14 bits per heavy atom. The van der Waals surface area contributed by atoms with Gasteiger partial charge in [0.1, 0.15) is 28.8 Å². The van der Waals surface area contributed by atoms with Crippen LogP contribution in [-0.4, -0.2) is 33.3 Å². The number of alkyl halides is 1. The fraction of sp³-hybridized carbons (Fsp3) is 0.0513. The molecule has 1 atom stereocenters. The van der Waals surface area contributed by atoms with Crippen molar-refractivity contribution in [1.82, 2.24) is 9.97 Å². The maximum absolute atomic E-state index is 17.6. The molecule has 5 heterocycles. The third-order valence-corrected chi connectivity index (χ3v) is 10.2. The molecule has 0 spiro atoms. The average molecular weight is 892 g/mol. The quantitative estimate of drug-likeness (QED) is 0.0601. The number of halogens is 15. The van der Waals surface area contributed by atoms with Crippen molar-refractivity contribution in [3.05, 3.63) is 150 Å². The zero-order valence-electron chi connectivity index (χ0n) is 30.3. The highest BCUT2D eigenvalue weighted by Gasteiger charge is 2.50. The first-order valence-electron chi connectivity index (χ1n) is 17.5. The van der Waals surface area contributed by atoms with E-state index in [0.717, 1.165) is 6.07 Å². The Balaban J connectivity index is 1.38. The standard InChI is InChI=1S/C39H12F15N9/c1-7-3-2-4-8(5-7)63-39(54)17-16(24(47)29(52)30(39)53)37-56-31-9-6-10(40)18(41)19(42)11(9)32(55-31)57-33-12-13(21(44)26(49)25(48)20(12)43)34(58-33)59-35-14-15(36(60-35)61-38(17)62-37)23(46)28(51)27(50)22(14)45/h2-6,58,63H,1H3,(H,59,60,61)(H,55,56,57,62). The van der Waals surface area contributed by atoms with E-state index in [0.29, 0.717) is 5.56 Å². The molecule has 3 aliphatic heterocycles. The van der Waals surface area contributed by atoms with Gasteiger partial charge in [0.15, 0.2) is 93.2 Å². The largest absolute Gasteiger partial charge is 0.344 e. The summed E-state index contributed by atoms with van der Waals surface area (Å²) in [5.41, 5.74) is -7.19. The molecule has 0 amide bonds. The first-order chi connectivity index (χ1) is 29.8. The number of hydrogen-bond donors (Lipinski definition) is 4. The second kappa shape index (κ2) is 13.2. The van der Waals surface area contributed by atoms with Crippen LogP contribution in [0.1, 0.15) is 33.4 Å². The summed E-state index contributed by atoms with van der Waals surface area (Å²) in [7, 11) is 0. The number of H-pyrrole nitrogens is 2. The summed E-state index contributed by atoms with van der Waals surface area (Å²) in [6, 6.07) is 5.49. The number of benzene rings is 4. The molecule has 63 heavy (non-hydrogen) atoms. The van der Waals surface area contributed by atoms with Crippen molar-refractivity contribution in [1.29, 1.82) is 0 Å². The first kappa shape index (κ1) is 39.5. The number of anilines is 2. The number of allylic oxidation sites excluding steroid dienone is 1. The predicted molar refractivity (Wildman–Crippen MR) is 193 cm³/mol. The summed E-state index contributed by atoms with van der Waals surface area (Å²) in [6.07, 6.45) is 0. The van der Waals surface area contributed by atoms with E-state index in [1.807, 2.05) is 0 Å². The number of aromatic amines is 2. The Kier molecular flexibility index (Phi) is 8.25. The van der Waals surface area contributed by atoms with Gasteiger partial charge < -0.3 is 20.6 Å². The van der Waals surface area contributed by atoms with E-state index in [-0.39, 0.29) is 11.8 Å². The number of nitrogens with one attached hydrogen (secondary N) is 4. The van der Waals surface area contributed by atoms with Crippen LogP contribution in [0.2, 0.25) is 0 Å². The summed E-state index contributed by atoms with van der Waals surface area (Å²) < 4.78 is 233. The highest BCUT2D eigenvalue weighted by atomic mass is 19.2. The number of amidine groups is 4. The molecule has 4 aliphatic rings. The molecule has 0 saturated heterocycles. The Morgan fingerprint density at radius 1 is 0.556 bits per heavy atom. The monoisotopic (exact) mass is 891 g/mol. The van der Waals surface area contributed by atoms with Gasteiger partial charge in [-0.15, -0.1) is 0 Å². The molecule has 318 valence electrons. The highest BCUT2D eigenvalue weighted by molar-refractivity contribution is 6.27. The molecule has 0 fully saturated rings. The normalized spacial score (nSPS) is 19.7. The van der Waals surface area contributed by atoms with E-state index in [4.69, 9.17) is 0 Å². The molecule has 9 nitrogen and oxygen atoms in total. The SMILES string of the molecule is Cc1cccc(NC2(F)C(F)=C(F)C(F)=c3c2c2[nH]/c3=N\C3=NC(=N\c4[nH]c(c5c(F)c(F)c(F)c(F)c45)/N=C4\N=C(N2)c2c(F)c(F)c(F)c(F)c24)/c2c3cc(F)c(F)c2F)c1. The van der Waals surface area contributed by atoms with Crippen LogP contribution >= 0.6 is 0 Å². The molecule has 0 saturated carbocycles. The molecule has 6 aromatic rings. The lowest BCUT2D eigenvalue weighted by Gasteiger charge is -2.29. The van der Waals surface area contributed by atoms with Crippen molar-refractivity contribution < 1.29 is 65.9 Å². The fourth-order valence-corrected chi connectivity index (χ4v) is 7.47. The molecule has 1 aliphatic carbocycles. The second-order valence-corrected chi connectivity index (χ2v) is 13.9. The fourth-order valence-electron chi connectivity index (χ4n) is 7.47. The molecule has 4 N–H and O–H groups in total. The topological polar surface area (TPSA) is 117 Å². The number of fused-ring (bicyclic) bond motifs is 18. The maximum atomic E-state index is 17.6. The van der Waals surface area contributed by atoms with Crippen LogP contribution in [0.4, 0.5) is 89.0 Å². The zero-order chi connectivity index (χ0) is 44.9. The van der Waals surface area contributed by atoms with E-state index in [9.17, 15) is 26.3 Å². The van der Waals surface area contributed by atoms with Crippen molar-refractivity contribution in [3.63, 3.8) is 0 Å². The van der Waals surface area contributed by atoms with E-state index >= 15 is 39.5 Å². The van der Waals surface area contributed by atoms with Crippen molar-refractivity contribution >= 4 is 63.1 Å². The number of aryl methyl sites for hydroxylation is 1. The predicted octanol–water partition coefficient (Wildman–Crippen LogP) is 9.23. The molecule has 2 aromatic heterocycles. The van der Waals surface area contributed by atoms with Gasteiger partial charge >= 0.3 is 0 Å². The van der Waals surface area contributed by atoms with Gasteiger partial charge in [0, 0.05) is 11.3 Å². The van der Waals surface area contributed by atoms with Crippen LogP contribution in [-0.2, 0) is 5.79 Å². The molecular weight excluding hydrogens is 879 g/mol. The van der Waals surface area contributed by atoms with Crippen molar-refractivity contribution in [2.24, 2.45) is 25.0 Å². The van der Waals surface area contributed by atoms with E-state index in [1.165, 1.54) is 25.1 Å². The Morgan fingerprint density at radius 3 is 1.78 bits per heavy atom. The first-order valence-corrected chi connectivity index (χ1v) is 17.5. The van der Waals surface area contributed by atoms with Gasteiger partial charge in [-0.2, -0.15) is 0 Å². The van der Waals surface area contributed by atoms with Crippen LogP contribution in [0.3, 0.4) is 0 Å². The number of rotatable bonds is 2. The Labute approximate surface area is 337 Å². The Bertz CT molecular complexity index is 3490. The third kappa shape index (κ3) is 5.32. The van der Waals surface area contributed by atoms with Crippen LogP contribution in [0.5, 0.6) is 0 Å². The van der Waals surface area contributed by atoms with Crippen LogP contribution < -0.4 is 21.3 Å². The average Bonchev–Trinajstić information content (AvgIpc) is 3.99. The number of hydrogen-bond acceptors (Lipinski definition) is 7. The molecular formula is C39H12F15N9. The molecule has 1 unspecified atom stereocenters. The van der Waals surface area contributed by atoms with Crippen molar-refractivity contribution in [3.8, 4) is 0 Å². The lowest BCUT2D eigenvalue weighted by Crippen LogP contribution is -2.43. The highest BCUT2D eigenvalue weighted by Crippen LogP contribution is 2.46.